The number of hydrogen-bond donors (Lipinski definition) is 2. The van der Waals surface area contributed by atoms with Gasteiger partial charge in [-0.3, -0.25) is 4.79 Å². The smallest absolute Gasteiger partial charge is 0.416 e. The van der Waals surface area contributed by atoms with Gasteiger partial charge in [0.05, 0.1) is 16.3 Å². The van der Waals surface area contributed by atoms with Crippen LogP contribution in [0.2, 0.25) is 5.02 Å². The Kier molecular flexibility index (Phi) is 4.55. The third kappa shape index (κ3) is 4.63. The lowest BCUT2D eigenvalue weighted by molar-refractivity contribution is -0.137. The van der Waals surface area contributed by atoms with Gasteiger partial charge in [-0.15, -0.1) is 0 Å². The van der Waals surface area contributed by atoms with E-state index in [2.05, 4.69) is 5.32 Å². The third-order valence-corrected chi connectivity index (χ3v) is 2.26. The van der Waals surface area contributed by atoms with Crippen LogP contribution in [0.3, 0.4) is 0 Å². The molecule has 19 heavy (non-hydrogen) atoms. The van der Waals surface area contributed by atoms with Crippen LogP contribution in [0, 0.1) is 0 Å². The maximum absolute atomic E-state index is 12.4. The minimum atomic E-state index is -4.57. The molecular weight excluding hydrogens is 287 g/mol. The van der Waals surface area contributed by atoms with E-state index in [4.69, 9.17) is 16.7 Å². The standard InChI is InChI=1S/C11H7ClF3NO3/c12-7-2-1-6(11(13,14)15)5-8(7)16-9(17)3-4-10(18)19/h1-5H,(H,16,17)(H,18,19)/b4-3+. The lowest BCUT2D eigenvalue weighted by Crippen LogP contribution is -2.11. The predicted octanol–water partition coefficient (Wildman–Crippen LogP) is 2.94. The molecule has 0 aliphatic heterocycles. The van der Waals surface area contributed by atoms with Crippen molar-refractivity contribution in [1.82, 2.24) is 0 Å². The fraction of sp³-hybridized carbons (Fsp3) is 0.0909. The maximum atomic E-state index is 12.4. The molecule has 4 nitrogen and oxygen atoms in total. The van der Waals surface area contributed by atoms with Crippen molar-refractivity contribution < 1.29 is 27.9 Å². The summed E-state index contributed by atoms with van der Waals surface area (Å²) < 4.78 is 37.3. The van der Waals surface area contributed by atoms with Gasteiger partial charge < -0.3 is 10.4 Å². The number of carbonyl (C=O) groups is 2. The molecule has 0 aliphatic carbocycles. The van der Waals surface area contributed by atoms with Gasteiger partial charge in [0.15, 0.2) is 0 Å². The average Bonchev–Trinajstić information content (AvgIpc) is 2.28. The molecule has 1 amide bonds. The van der Waals surface area contributed by atoms with Crippen LogP contribution < -0.4 is 5.32 Å². The van der Waals surface area contributed by atoms with E-state index in [9.17, 15) is 22.8 Å². The summed E-state index contributed by atoms with van der Waals surface area (Å²) in [5.41, 5.74) is -1.23. The summed E-state index contributed by atoms with van der Waals surface area (Å²) in [6.07, 6.45) is -3.35. The molecule has 0 radical (unpaired) electrons. The van der Waals surface area contributed by atoms with Crippen molar-refractivity contribution in [2.75, 3.05) is 5.32 Å². The predicted molar refractivity (Wildman–Crippen MR) is 61.9 cm³/mol. The van der Waals surface area contributed by atoms with Gasteiger partial charge in [-0.2, -0.15) is 13.2 Å². The number of rotatable bonds is 3. The van der Waals surface area contributed by atoms with E-state index < -0.39 is 23.6 Å². The Balaban J connectivity index is 2.95. The lowest BCUT2D eigenvalue weighted by Gasteiger charge is -2.10. The van der Waals surface area contributed by atoms with Gasteiger partial charge in [-0.1, -0.05) is 11.6 Å². The zero-order valence-corrected chi connectivity index (χ0v) is 9.92. The molecule has 0 aromatic heterocycles. The third-order valence-electron chi connectivity index (χ3n) is 1.93. The lowest BCUT2D eigenvalue weighted by atomic mass is 10.2. The van der Waals surface area contributed by atoms with Gasteiger partial charge >= 0.3 is 12.1 Å². The molecule has 1 rings (SSSR count). The molecule has 0 bridgehead atoms. The van der Waals surface area contributed by atoms with E-state index in [0.717, 1.165) is 12.1 Å². The number of nitrogens with one attached hydrogen (secondary N) is 1. The molecule has 1 aromatic rings. The zero-order chi connectivity index (χ0) is 14.6. The molecule has 0 fully saturated rings. The number of amides is 1. The number of carboxylic acids is 1. The Hall–Kier alpha value is -2.02. The van der Waals surface area contributed by atoms with Gasteiger partial charge in [0, 0.05) is 12.2 Å². The largest absolute Gasteiger partial charge is 0.478 e. The van der Waals surface area contributed by atoms with Crippen LogP contribution in [-0.2, 0) is 15.8 Å². The summed E-state index contributed by atoms with van der Waals surface area (Å²) >= 11 is 5.63. The number of hydrogen-bond acceptors (Lipinski definition) is 2. The summed E-state index contributed by atoms with van der Waals surface area (Å²) in [7, 11) is 0. The topological polar surface area (TPSA) is 66.4 Å². The highest BCUT2D eigenvalue weighted by Gasteiger charge is 2.31. The number of carboxylic acid groups (broad SMARTS) is 1. The van der Waals surface area contributed by atoms with E-state index in [1.54, 1.807) is 0 Å². The first kappa shape index (κ1) is 15.0. The molecule has 2 N–H and O–H groups in total. The first-order valence-corrected chi connectivity index (χ1v) is 5.16. The second-order valence-corrected chi connectivity index (χ2v) is 3.76. The summed E-state index contributed by atoms with van der Waals surface area (Å²) in [4.78, 5) is 21.4. The van der Waals surface area contributed by atoms with Crippen molar-refractivity contribution >= 4 is 29.2 Å². The van der Waals surface area contributed by atoms with Crippen LogP contribution in [0.4, 0.5) is 18.9 Å². The van der Waals surface area contributed by atoms with E-state index in [-0.39, 0.29) is 10.7 Å². The van der Waals surface area contributed by atoms with Crippen LogP contribution in [0.15, 0.2) is 30.4 Å². The Morgan fingerprint density at radius 3 is 2.42 bits per heavy atom. The van der Waals surface area contributed by atoms with Crippen molar-refractivity contribution in [2.45, 2.75) is 6.18 Å². The number of benzene rings is 1. The van der Waals surface area contributed by atoms with Crippen LogP contribution in [0.25, 0.3) is 0 Å². The molecule has 102 valence electrons. The molecule has 0 saturated carbocycles. The Labute approximate surface area is 110 Å². The van der Waals surface area contributed by atoms with Crippen LogP contribution in [-0.4, -0.2) is 17.0 Å². The minimum Gasteiger partial charge on any atom is -0.478 e. The molecule has 0 heterocycles. The summed E-state index contributed by atoms with van der Waals surface area (Å²) in [6, 6.07) is 2.42. The number of halogens is 4. The maximum Gasteiger partial charge on any atom is 0.416 e. The number of alkyl halides is 3. The van der Waals surface area contributed by atoms with Crippen molar-refractivity contribution in [1.29, 1.82) is 0 Å². The molecule has 0 unspecified atom stereocenters. The molecule has 0 saturated heterocycles. The first-order valence-electron chi connectivity index (χ1n) is 4.79. The van der Waals surface area contributed by atoms with Gasteiger partial charge in [0.2, 0.25) is 5.91 Å². The Morgan fingerprint density at radius 2 is 1.89 bits per heavy atom. The highest BCUT2D eigenvalue weighted by atomic mass is 35.5. The molecular formula is C11H7ClF3NO3. The summed E-state index contributed by atoms with van der Waals surface area (Å²) in [5, 5.41) is 10.3. The van der Waals surface area contributed by atoms with Gasteiger partial charge in [-0.25, -0.2) is 4.79 Å². The SMILES string of the molecule is O=C(O)/C=C/C(=O)Nc1cc(C(F)(F)F)ccc1Cl. The monoisotopic (exact) mass is 293 g/mol. The zero-order valence-electron chi connectivity index (χ0n) is 9.16. The fourth-order valence-electron chi connectivity index (χ4n) is 1.12. The number of anilines is 1. The van der Waals surface area contributed by atoms with E-state index >= 15 is 0 Å². The van der Waals surface area contributed by atoms with Gasteiger partial charge in [0.25, 0.3) is 0 Å². The summed E-state index contributed by atoms with van der Waals surface area (Å²) in [6.45, 7) is 0. The number of carbonyl (C=O) groups excluding carboxylic acids is 1. The molecule has 0 aliphatic rings. The first-order chi connectivity index (χ1) is 8.70. The van der Waals surface area contributed by atoms with Crippen molar-refractivity contribution in [2.24, 2.45) is 0 Å². The quantitative estimate of drug-likeness (QED) is 0.842. The van der Waals surface area contributed by atoms with E-state index in [0.29, 0.717) is 18.2 Å². The van der Waals surface area contributed by atoms with Crippen molar-refractivity contribution in [3.05, 3.63) is 40.9 Å². The van der Waals surface area contributed by atoms with Gasteiger partial charge in [0.1, 0.15) is 0 Å². The van der Waals surface area contributed by atoms with Crippen LogP contribution in [0.1, 0.15) is 5.56 Å². The van der Waals surface area contributed by atoms with E-state index in [1.165, 1.54) is 0 Å². The van der Waals surface area contributed by atoms with E-state index in [1.807, 2.05) is 0 Å². The molecule has 0 spiro atoms. The van der Waals surface area contributed by atoms with Gasteiger partial charge in [-0.05, 0) is 18.2 Å². The van der Waals surface area contributed by atoms with Crippen molar-refractivity contribution in [3.63, 3.8) is 0 Å². The highest BCUT2D eigenvalue weighted by molar-refractivity contribution is 6.33. The van der Waals surface area contributed by atoms with Crippen molar-refractivity contribution in [3.8, 4) is 0 Å². The van der Waals surface area contributed by atoms with Crippen LogP contribution in [0.5, 0.6) is 0 Å². The Bertz CT molecular complexity index is 540. The average molecular weight is 294 g/mol. The molecule has 8 heteroatoms. The fourth-order valence-corrected chi connectivity index (χ4v) is 1.28. The second kappa shape index (κ2) is 5.75. The minimum absolute atomic E-state index is 0.0925. The van der Waals surface area contributed by atoms with Crippen LogP contribution >= 0.6 is 11.6 Å². The Morgan fingerprint density at radius 1 is 1.26 bits per heavy atom. The molecule has 0 atom stereocenters. The highest BCUT2D eigenvalue weighted by Crippen LogP contribution is 2.33. The normalized spacial score (nSPS) is 11.6. The number of aliphatic carboxylic acids is 1. The second-order valence-electron chi connectivity index (χ2n) is 3.35. The molecule has 1 aromatic carbocycles. The summed E-state index contributed by atoms with van der Waals surface area (Å²) in [5.74, 6) is -2.26.